The highest BCUT2D eigenvalue weighted by Gasteiger charge is 2.10. The van der Waals surface area contributed by atoms with Crippen LogP contribution in [0.5, 0.6) is 0 Å². The third-order valence-corrected chi connectivity index (χ3v) is 3.12. The Morgan fingerprint density at radius 3 is 2.11 bits per heavy atom. The number of hydrogen-bond acceptors (Lipinski definition) is 1. The Balaban J connectivity index is 0. The second-order valence-electron chi connectivity index (χ2n) is 5.02. The quantitative estimate of drug-likeness (QED) is 0.614. The van der Waals surface area contributed by atoms with Gasteiger partial charge in [-0.05, 0) is 38.0 Å². The predicted molar refractivity (Wildman–Crippen MR) is 79.7 cm³/mol. The van der Waals surface area contributed by atoms with Crippen LogP contribution in [0.2, 0.25) is 0 Å². The summed E-state index contributed by atoms with van der Waals surface area (Å²) >= 11 is 0. The second kappa shape index (κ2) is 12.4. The fourth-order valence-corrected chi connectivity index (χ4v) is 1.65. The van der Waals surface area contributed by atoms with E-state index in [1.165, 1.54) is 31.3 Å². The first-order chi connectivity index (χ1) is 8.34. The maximum absolute atomic E-state index is 9.00. The maximum Gasteiger partial charge on any atom is 0.300 e. The molecular formula is C16H30O2. The Labute approximate surface area is 113 Å². The van der Waals surface area contributed by atoms with E-state index in [4.69, 9.17) is 9.90 Å². The first-order valence-electron chi connectivity index (χ1n) is 6.80. The number of allylic oxidation sites excluding steroid dienone is 2. The maximum atomic E-state index is 9.00. The van der Waals surface area contributed by atoms with Gasteiger partial charge in [0.2, 0.25) is 0 Å². The molecule has 0 aliphatic rings. The van der Waals surface area contributed by atoms with Crippen molar-refractivity contribution in [3.63, 3.8) is 0 Å². The Hall–Kier alpha value is -1.05. The molecule has 2 atom stereocenters. The van der Waals surface area contributed by atoms with Crippen molar-refractivity contribution in [2.24, 2.45) is 11.8 Å². The minimum atomic E-state index is -0.833. The van der Waals surface area contributed by atoms with Crippen molar-refractivity contribution in [3.05, 3.63) is 24.8 Å². The molecule has 0 fully saturated rings. The van der Waals surface area contributed by atoms with Crippen molar-refractivity contribution in [2.75, 3.05) is 0 Å². The zero-order chi connectivity index (χ0) is 14.6. The SMILES string of the molecule is C=CCCC(CCC(C)CC)C(=C)C.CC(=O)O. The first-order valence-corrected chi connectivity index (χ1v) is 6.80. The molecule has 0 aromatic rings. The summed E-state index contributed by atoms with van der Waals surface area (Å²) in [7, 11) is 0. The van der Waals surface area contributed by atoms with E-state index in [-0.39, 0.29) is 0 Å². The highest BCUT2D eigenvalue weighted by atomic mass is 16.4. The number of carbonyl (C=O) groups is 1. The van der Waals surface area contributed by atoms with Crippen molar-refractivity contribution >= 4 is 5.97 Å². The van der Waals surface area contributed by atoms with Gasteiger partial charge in [0, 0.05) is 6.92 Å². The van der Waals surface area contributed by atoms with E-state index in [1.807, 2.05) is 6.08 Å². The monoisotopic (exact) mass is 254 g/mol. The number of carboxylic acid groups (broad SMARTS) is 1. The van der Waals surface area contributed by atoms with Gasteiger partial charge >= 0.3 is 0 Å². The second-order valence-corrected chi connectivity index (χ2v) is 5.02. The normalized spacial score (nSPS) is 12.9. The van der Waals surface area contributed by atoms with Gasteiger partial charge in [-0.1, -0.05) is 44.9 Å². The molecule has 0 heterocycles. The third kappa shape index (κ3) is 14.9. The van der Waals surface area contributed by atoms with Gasteiger partial charge in [-0.2, -0.15) is 0 Å². The summed E-state index contributed by atoms with van der Waals surface area (Å²) in [5, 5.41) is 7.42. The third-order valence-electron chi connectivity index (χ3n) is 3.12. The molecule has 106 valence electrons. The summed E-state index contributed by atoms with van der Waals surface area (Å²) in [4.78, 5) is 9.00. The fraction of sp³-hybridized carbons (Fsp3) is 0.688. The summed E-state index contributed by atoms with van der Waals surface area (Å²) < 4.78 is 0. The predicted octanol–water partition coefficient (Wildman–Crippen LogP) is 5.06. The van der Waals surface area contributed by atoms with Gasteiger partial charge in [-0.25, -0.2) is 0 Å². The largest absolute Gasteiger partial charge is 0.481 e. The van der Waals surface area contributed by atoms with Crippen LogP contribution in [0.25, 0.3) is 0 Å². The molecular weight excluding hydrogens is 224 g/mol. The van der Waals surface area contributed by atoms with Crippen LogP contribution < -0.4 is 0 Å². The van der Waals surface area contributed by atoms with Crippen molar-refractivity contribution in [1.82, 2.24) is 0 Å². The van der Waals surface area contributed by atoms with E-state index in [2.05, 4.69) is 33.9 Å². The summed E-state index contributed by atoms with van der Waals surface area (Å²) in [5.74, 6) is 0.739. The Morgan fingerprint density at radius 2 is 1.78 bits per heavy atom. The van der Waals surface area contributed by atoms with Crippen molar-refractivity contribution in [3.8, 4) is 0 Å². The lowest BCUT2D eigenvalue weighted by molar-refractivity contribution is -0.134. The summed E-state index contributed by atoms with van der Waals surface area (Å²) in [6.45, 7) is 15.7. The van der Waals surface area contributed by atoms with E-state index in [1.54, 1.807) is 0 Å². The van der Waals surface area contributed by atoms with Gasteiger partial charge in [0.05, 0.1) is 0 Å². The number of hydrogen-bond donors (Lipinski definition) is 1. The van der Waals surface area contributed by atoms with Crippen LogP contribution in [-0.4, -0.2) is 11.1 Å². The lowest BCUT2D eigenvalue weighted by atomic mass is 9.88. The van der Waals surface area contributed by atoms with E-state index < -0.39 is 5.97 Å². The molecule has 0 aliphatic heterocycles. The average Bonchev–Trinajstić information content (AvgIpc) is 2.27. The van der Waals surface area contributed by atoms with E-state index in [0.29, 0.717) is 5.92 Å². The molecule has 0 amide bonds. The molecule has 1 N–H and O–H groups in total. The van der Waals surface area contributed by atoms with E-state index in [0.717, 1.165) is 19.3 Å². The molecule has 2 unspecified atom stereocenters. The Bertz CT molecular complexity index is 239. The molecule has 0 saturated heterocycles. The minimum Gasteiger partial charge on any atom is -0.481 e. The van der Waals surface area contributed by atoms with Crippen LogP contribution in [0.3, 0.4) is 0 Å². The Morgan fingerprint density at radius 1 is 1.28 bits per heavy atom. The van der Waals surface area contributed by atoms with Gasteiger partial charge in [-0.15, -0.1) is 6.58 Å². The first kappa shape index (κ1) is 19.3. The molecule has 2 heteroatoms. The van der Waals surface area contributed by atoms with E-state index in [9.17, 15) is 0 Å². The Kier molecular flexibility index (Phi) is 13.3. The highest BCUT2D eigenvalue weighted by molar-refractivity contribution is 5.62. The molecule has 0 saturated carbocycles. The number of rotatable bonds is 8. The van der Waals surface area contributed by atoms with Crippen LogP contribution in [-0.2, 0) is 4.79 Å². The molecule has 18 heavy (non-hydrogen) atoms. The molecule has 0 spiro atoms. The lowest BCUT2D eigenvalue weighted by Crippen LogP contribution is -2.04. The van der Waals surface area contributed by atoms with Gasteiger partial charge in [0.25, 0.3) is 5.97 Å². The summed E-state index contributed by atoms with van der Waals surface area (Å²) in [6.07, 6.45) is 8.31. The fourth-order valence-electron chi connectivity index (χ4n) is 1.65. The molecule has 0 rings (SSSR count). The average molecular weight is 254 g/mol. The lowest BCUT2D eigenvalue weighted by Gasteiger charge is -2.18. The van der Waals surface area contributed by atoms with Gasteiger partial charge in [0.15, 0.2) is 0 Å². The van der Waals surface area contributed by atoms with Crippen molar-refractivity contribution in [2.45, 2.75) is 59.8 Å². The zero-order valence-electron chi connectivity index (χ0n) is 12.5. The van der Waals surface area contributed by atoms with Gasteiger partial charge < -0.3 is 5.11 Å². The van der Waals surface area contributed by atoms with Crippen LogP contribution in [0.4, 0.5) is 0 Å². The molecule has 0 aromatic carbocycles. The van der Waals surface area contributed by atoms with E-state index >= 15 is 0 Å². The standard InChI is InChI=1S/C14H26.C2H4O2/c1-6-8-9-14(12(3)4)11-10-13(5)7-2;1-2(3)4/h6,13-14H,1,3,7-11H2,2,4-5H3;1H3,(H,3,4). The molecule has 0 bridgehead atoms. The molecule has 0 aromatic heterocycles. The van der Waals surface area contributed by atoms with Crippen LogP contribution in [0.1, 0.15) is 59.8 Å². The van der Waals surface area contributed by atoms with Crippen LogP contribution >= 0.6 is 0 Å². The van der Waals surface area contributed by atoms with Crippen LogP contribution in [0.15, 0.2) is 24.8 Å². The molecule has 2 nitrogen and oxygen atoms in total. The summed E-state index contributed by atoms with van der Waals surface area (Å²) in [5.41, 5.74) is 1.34. The highest BCUT2D eigenvalue weighted by Crippen LogP contribution is 2.24. The summed E-state index contributed by atoms with van der Waals surface area (Å²) in [6, 6.07) is 0. The zero-order valence-corrected chi connectivity index (χ0v) is 12.5. The molecule has 0 aliphatic carbocycles. The topological polar surface area (TPSA) is 37.3 Å². The van der Waals surface area contributed by atoms with Crippen molar-refractivity contribution in [1.29, 1.82) is 0 Å². The van der Waals surface area contributed by atoms with Crippen LogP contribution in [0, 0.1) is 11.8 Å². The van der Waals surface area contributed by atoms with Gasteiger partial charge in [0.1, 0.15) is 0 Å². The number of aliphatic carboxylic acids is 1. The minimum absolute atomic E-state index is 0.710. The molecule has 0 radical (unpaired) electrons. The number of carboxylic acids is 1. The smallest absolute Gasteiger partial charge is 0.300 e. The van der Waals surface area contributed by atoms with Gasteiger partial charge in [-0.3, -0.25) is 4.79 Å². The van der Waals surface area contributed by atoms with Crippen molar-refractivity contribution < 1.29 is 9.90 Å².